The SMILES string of the molecule is CC(=O)N1Cc2ccc(O[C@@H]3C[C@H](C)N(C(C)c4cc5nc(C)sc5cc4F)C3)nc2C1. The lowest BCUT2D eigenvalue weighted by Gasteiger charge is -2.29. The number of benzene rings is 1. The first kappa shape index (κ1) is 21.3. The van der Waals surface area contributed by atoms with Gasteiger partial charge < -0.3 is 9.64 Å². The molecule has 32 heavy (non-hydrogen) atoms. The van der Waals surface area contributed by atoms with Crippen molar-refractivity contribution in [3.8, 4) is 5.88 Å². The molecule has 2 aliphatic rings. The Hall–Kier alpha value is -2.58. The van der Waals surface area contributed by atoms with Gasteiger partial charge in [-0.1, -0.05) is 0 Å². The fraction of sp³-hybridized carbons (Fsp3) is 0.458. The maximum absolute atomic E-state index is 14.9. The van der Waals surface area contributed by atoms with Crippen LogP contribution in [0.1, 0.15) is 55.1 Å². The Labute approximate surface area is 191 Å². The van der Waals surface area contributed by atoms with Gasteiger partial charge in [0.2, 0.25) is 11.8 Å². The number of rotatable bonds is 4. The summed E-state index contributed by atoms with van der Waals surface area (Å²) in [5.74, 6) is 0.463. The first-order chi connectivity index (χ1) is 15.3. The molecule has 0 radical (unpaired) electrons. The summed E-state index contributed by atoms with van der Waals surface area (Å²) < 4.78 is 22.0. The average Bonchev–Trinajstić information content (AvgIpc) is 3.42. The van der Waals surface area contributed by atoms with Crippen LogP contribution < -0.4 is 4.74 Å². The minimum absolute atomic E-state index is 0.0170. The molecule has 2 aliphatic heterocycles. The predicted octanol–water partition coefficient (Wildman–Crippen LogP) is 4.60. The molecule has 4 heterocycles. The van der Waals surface area contributed by atoms with Gasteiger partial charge in [-0.05, 0) is 44.5 Å². The molecule has 168 valence electrons. The topological polar surface area (TPSA) is 58.6 Å². The number of pyridine rings is 1. The second kappa shape index (κ2) is 8.08. The zero-order valence-corrected chi connectivity index (χ0v) is 19.6. The molecule has 6 nitrogen and oxygen atoms in total. The highest BCUT2D eigenvalue weighted by atomic mass is 32.1. The third-order valence-electron chi connectivity index (χ3n) is 6.62. The monoisotopic (exact) mass is 454 g/mol. The molecule has 2 aromatic heterocycles. The van der Waals surface area contributed by atoms with E-state index in [2.05, 4.69) is 21.8 Å². The Morgan fingerprint density at radius 3 is 2.88 bits per heavy atom. The highest BCUT2D eigenvalue weighted by molar-refractivity contribution is 7.18. The Morgan fingerprint density at radius 1 is 1.28 bits per heavy atom. The number of thiazole rings is 1. The molecule has 0 spiro atoms. The minimum Gasteiger partial charge on any atom is -0.473 e. The van der Waals surface area contributed by atoms with Gasteiger partial charge in [0, 0.05) is 50.1 Å². The van der Waals surface area contributed by atoms with E-state index < -0.39 is 0 Å². The van der Waals surface area contributed by atoms with Crippen LogP contribution in [0.25, 0.3) is 10.2 Å². The smallest absolute Gasteiger partial charge is 0.220 e. The number of ether oxygens (including phenoxy) is 1. The van der Waals surface area contributed by atoms with Gasteiger partial charge in [-0.3, -0.25) is 9.69 Å². The number of amides is 1. The van der Waals surface area contributed by atoms with Crippen LogP contribution in [0.3, 0.4) is 0 Å². The van der Waals surface area contributed by atoms with Crippen LogP contribution in [0.5, 0.6) is 5.88 Å². The summed E-state index contributed by atoms with van der Waals surface area (Å²) in [5, 5.41) is 0.945. The Balaban J connectivity index is 1.30. The number of aromatic nitrogens is 2. The number of carbonyl (C=O) groups is 1. The van der Waals surface area contributed by atoms with Crippen molar-refractivity contribution in [2.24, 2.45) is 0 Å². The lowest BCUT2D eigenvalue weighted by molar-refractivity contribution is -0.129. The normalized spacial score (nSPS) is 21.8. The lowest BCUT2D eigenvalue weighted by Crippen LogP contribution is -2.32. The summed E-state index contributed by atoms with van der Waals surface area (Å²) in [6.07, 6.45) is 0.833. The molecular formula is C24H27FN4O2S. The zero-order chi connectivity index (χ0) is 22.6. The van der Waals surface area contributed by atoms with Gasteiger partial charge in [0.1, 0.15) is 11.9 Å². The van der Waals surface area contributed by atoms with E-state index in [0.717, 1.165) is 32.9 Å². The Kier molecular flexibility index (Phi) is 5.37. The molecule has 0 bridgehead atoms. The maximum Gasteiger partial charge on any atom is 0.220 e. The van der Waals surface area contributed by atoms with Crippen molar-refractivity contribution in [3.63, 3.8) is 0 Å². The van der Waals surface area contributed by atoms with Gasteiger partial charge in [-0.25, -0.2) is 14.4 Å². The quantitative estimate of drug-likeness (QED) is 0.577. The van der Waals surface area contributed by atoms with Gasteiger partial charge in [-0.15, -0.1) is 11.3 Å². The highest BCUT2D eigenvalue weighted by Gasteiger charge is 2.35. The summed E-state index contributed by atoms with van der Waals surface area (Å²) in [4.78, 5) is 24.9. The van der Waals surface area contributed by atoms with Crippen molar-refractivity contribution in [1.82, 2.24) is 19.8 Å². The van der Waals surface area contributed by atoms with E-state index in [-0.39, 0.29) is 29.9 Å². The molecule has 0 aliphatic carbocycles. The van der Waals surface area contributed by atoms with E-state index in [1.165, 1.54) is 11.3 Å². The Morgan fingerprint density at radius 2 is 2.09 bits per heavy atom. The standard InChI is InChI=1S/C24H27FN4O2S/c1-13-7-18(31-24-6-5-17-10-28(16(4)30)12-22(17)27-24)11-29(13)14(2)19-8-21-23(9-20(19)25)32-15(3)26-21/h5-6,8-9,13-14,18H,7,10-12H2,1-4H3/t13-,14?,18+/m0/s1. The number of likely N-dealkylation sites (tertiary alicyclic amines) is 1. The number of halogens is 1. The molecular weight excluding hydrogens is 427 g/mol. The molecule has 1 amide bonds. The molecule has 3 aromatic rings. The van der Waals surface area contributed by atoms with Crippen LogP contribution in [0.4, 0.5) is 4.39 Å². The lowest BCUT2D eigenvalue weighted by atomic mass is 10.0. The van der Waals surface area contributed by atoms with E-state index >= 15 is 0 Å². The third-order valence-corrected chi connectivity index (χ3v) is 7.56. The Bertz CT molecular complexity index is 1200. The summed E-state index contributed by atoms with van der Waals surface area (Å²) in [6, 6.07) is 7.56. The van der Waals surface area contributed by atoms with Crippen LogP contribution in [-0.2, 0) is 17.9 Å². The van der Waals surface area contributed by atoms with Crippen LogP contribution in [-0.4, -0.2) is 44.4 Å². The van der Waals surface area contributed by atoms with Crippen LogP contribution >= 0.6 is 11.3 Å². The van der Waals surface area contributed by atoms with Crippen molar-refractivity contribution in [3.05, 3.63) is 51.9 Å². The van der Waals surface area contributed by atoms with Crippen molar-refractivity contribution >= 4 is 27.5 Å². The molecule has 0 N–H and O–H groups in total. The second-order valence-electron chi connectivity index (χ2n) is 8.90. The number of aryl methyl sites for hydroxylation is 1. The molecule has 1 fully saturated rings. The van der Waals surface area contributed by atoms with Crippen molar-refractivity contribution in [2.45, 2.75) is 65.4 Å². The molecule has 8 heteroatoms. The molecule has 1 unspecified atom stereocenters. The zero-order valence-electron chi connectivity index (χ0n) is 18.8. The molecule has 3 atom stereocenters. The number of nitrogens with zero attached hydrogens (tertiary/aromatic N) is 4. The fourth-order valence-electron chi connectivity index (χ4n) is 4.90. The maximum atomic E-state index is 14.9. The molecule has 5 rings (SSSR count). The van der Waals surface area contributed by atoms with E-state index in [1.54, 1.807) is 17.9 Å². The minimum atomic E-state index is -0.180. The summed E-state index contributed by atoms with van der Waals surface area (Å²) in [7, 11) is 0. The first-order valence-corrected chi connectivity index (χ1v) is 11.8. The second-order valence-corrected chi connectivity index (χ2v) is 10.1. The largest absolute Gasteiger partial charge is 0.473 e. The van der Waals surface area contributed by atoms with Gasteiger partial charge in [-0.2, -0.15) is 0 Å². The van der Waals surface area contributed by atoms with Crippen LogP contribution in [0.15, 0.2) is 24.3 Å². The fourth-order valence-corrected chi connectivity index (χ4v) is 5.74. The predicted molar refractivity (Wildman–Crippen MR) is 122 cm³/mol. The van der Waals surface area contributed by atoms with E-state index in [9.17, 15) is 9.18 Å². The van der Waals surface area contributed by atoms with Crippen LogP contribution in [0.2, 0.25) is 0 Å². The van der Waals surface area contributed by atoms with Gasteiger partial charge in [0.05, 0.1) is 27.5 Å². The van der Waals surface area contributed by atoms with Crippen LogP contribution in [0, 0.1) is 12.7 Å². The van der Waals surface area contributed by atoms with Gasteiger partial charge in [0.25, 0.3) is 0 Å². The average molecular weight is 455 g/mol. The van der Waals surface area contributed by atoms with E-state index in [1.807, 2.05) is 32.0 Å². The first-order valence-electron chi connectivity index (χ1n) is 11.0. The summed E-state index contributed by atoms with van der Waals surface area (Å²) >= 11 is 1.52. The van der Waals surface area contributed by atoms with Crippen molar-refractivity contribution in [1.29, 1.82) is 0 Å². The molecule has 0 saturated carbocycles. The van der Waals surface area contributed by atoms with Gasteiger partial charge >= 0.3 is 0 Å². The van der Waals surface area contributed by atoms with E-state index in [4.69, 9.17) is 4.74 Å². The number of fused-ring (bicyclic) bond motifs is 2. The number of hydrogen-bond acceptors (Lipinski definition) is 6. The van der Waals surface area contributed by atoms with Crippen molar-refractivity contribution < 1.29 is 13.9 Å². The third kappa shape index (κ3) is 3.86. The molecule has 1 aromatic carbocycles. The highest BCUT2D eigenvalue weighted by Crippen LogP contribution is 2.35. The summed E-state index contributed by atoms with van der Waals surface area (Å²) in [6.45, 7) is 9.57. The molecule has 1 saturated heterocycles. The number of carbonyl (C=O) groups excluding carboxylic acids is 1. The van der Waals surface area contributed by atoms with Gasteiger partial charge in [0.15, 0.2) is 0 Å². The van der Waals surface area contributed by atoms with Crippen molar-refractivity contribution in [2.75, 3.05) is 6.54 Å². The summed E-state index contributed by atoms with van der Waals surface area (Å²) in [5.41, 5.74) is 3.52. The van der Waals surface area contributed by atoms with E-state index in [0.29, 0.717) is 31.1 Å². The number of hydrogen-bond donors (Lipinski definition) is 0.